The van der Waals surface area contributed by atoms with Crippen molar-refractivity contribution in [3.63, 3.8) is 0 Å². The van der Waals surface area contributed by atoms with Crippen molar-refractivity contribution in [1.82, 2.24) is 4.98 Å². The molecule has 0 spiro atoms. The topological polar surface area (TPSA) is 22.1 Å². The second kappa shape index (κ2) is 3.46. The van der Waals surface area contributed by atoms with Gasteiger partial charge in [0.2, 0.25) is 5.88 Å². The Labute approximate surface area is 87.5 Å². The molecule has 14 heavy (non-hydrogen) atoms. The van der Waals surface area contributed by atoms with E-state index in [4.69, 9.17) is 16.3 Å². The Kier molecular flexibility index (Phi) is 2.30. The molecule has 72 valence electrons. The molecule has 0 saturated heterocycles. The van der Waals surface area contributed by atoms with Gasteiger partial charge in [-0.3, -0.25) is 0 Å². The largest absolute Gasteiger partial charge is 0.481 e. The van der Waals surface area contributed by atoms with E-state index >= 15 is 0 Å². The third kappa shape index (κ3) is 1.32. The fourth-order valence-corrected chi connectivity index (χ4v) is 1.87. The van der Waals surface area contributed by atoms with E-state index in [2.05, 4.69) is 4.98 Å². The predicted octanol–water partition coefficient (Wildman–Crippen LogP) is 3.21. The second-order valence-electron chi connectivity index (χ2n) is 3.11. The minimum atomic E-state index is 0.619. The lowest BCUT2D eigenvalue weighted by Gasteiger charge is -2.07. The van der Waals surface area contributed by atoms with Gasteiger partial charge in [-0.2, -0.15) is 0 Å². The van der Waals surface area contributed by atoms with E-state index in [1.165, 1.54) is 0 Å². The SMILES string of the molecule is COc1ncc(Cl)c2c(C)cccc12. The quantitative estimate of drug-likeness (QED) is 0.717. The molecule has 1 aromatic heterocycles. The van der Waals surface area contributed by atoms with Crippen molar-refractivity contribution in [3.05, 3.63) is 35.0 Å². The summed E-state index contributed by atoms with van der Waals surface area (Å²) in [4.78, 5) is 4.11. The molecule has 1 aromatic carbocycles. The van der Waals surface area contributed by atoms with Gasteiger partial charge in [-0.25, -0.2) is 4.98 Å². The maximum Gasteiger partial charge on any atom is 0.221 e. The number of benzene rings is 1. The monoisotopic (exact) mass is 207 g/mol. The summed E-state index contributed by atoms with van der Waals surface area (Å²) >= 11 is 6.07. The van der Waals surface area contributed by atoms with Gasteiger partial charge in [-0.05, 0) is 18.6 Å². The van der Waals surface area contributed by atoms with E-state index in [1.54, 1.807) is 13.3 Å². The number of ether oxygens (including phenoxy) is 1. The first-order valence-electron chi connectivity index (χ1n) is 4.32. The number of methoxy groups -OCH3 is 1. The van der Waals surface area contributed by atoms with Crippen molar-refractivity contribution in [2.75, 3.05) is 7.11 Å². The van der Waals surface area contributed by atoms with Gasteiger partial charge in [0.05, 0.1) is 18.3 Å². The Bertz CT molecular complexity index is 474. The van der Waals surface area contributed by atoms with Crippen LogP contribution in [0.1, 0.15) is 5.56 Å². The lowest BCUT2D eigenvalue weighted by Crippen LogP contribution is -1.90. The second-order valence-corrected chi connectivity index (χ2v) is 3.52. The van der Waals surface area contributed by atoms with E-state index < -0.39 is 0 Å². The highest BCUT2D eigenvalue weighted by Crippen LogP contribution is 2.31. The fraction of sp³-hybridized carbons (Fsp3) is 0.182. The van der Waals surface area contributed by atoms with Gasteiger partial charge in [-0.15, -0.1) is 0 Å². The smallest absolute Gasteiger partial charge is 0.221 e. The van der Waals surface area contributed by atoms with Crippen LogP contribution in [-0.2, 0) is 0 Å². The molecule has 1 heterocycles. The number of hydrogen-bond donors (Lipinski definition) is 0. The van der Waals surface area contributed by atoms with Crippen LogP contribution < -0.4 is 4.74 Å². The number of halogens is 1. The van der Waals surface area contributed by atoms with Crippen LogP contribution in [0.4, 0.5) is 0 Å². The first kappa shape index (κ1) is 9.28. The maximum absolute atomic E-state index is 6.07. The molecule has 0 aliphatic carbocycles. The van der Waals surface area contributed by atoms with Crippen molar-refractivity contribution in [3.8, 4) is 5.88 Å². The van der Waals surface area contributed by atoms with E-state index in [9.17, 15) is 0 Å². The summed E-state index contributed by atoms with van der Waals surface area (Å²) in [6, 6.07) is 5.95. The van der Waals surface area contributed by atoms with Crippen molar-refractivity contribution in [2.24, 2.45) is 0 Å². The van der Waals surface area contributed by atoms with Gasteiger partial charge in [0.15, 0.2) is 0 Å². The highest BCUT2D eigenvalue weighted by atomic mass is 35.5. The number of aromatic nitrogens is 1. The Morgan fingerprint density at radius 2 is 2.14 bits per heavy atom. The van der Waals surface area contributed by atoms with Crippen LogP contribution in [0.15, 0.2) is 24.4 Å². The summed E-state index contributed by atoms with van der Waals surface area (Å²) in [5, 5.41) is 2.64. The Hall–Kier alpha value is -1.28. The third-order valence-corrected chi connectivity index (χ3v) is 2.52. The molecular formula is C11H10ClNO. The lowest BCUT2D eigenvalue weighted by atomic mass is 10.1. The van der Waals surface area contributed by atoms with Gasteiger partial charge in [-0.1, -0.05) is 23.7 Å². The molecule has 3 heteroatoms. The summed E-state index contributed by atoms with van der Waals surface area (Å²) < 4.78 is 5.17. The van der Waals surface area contributed by atoms with Gasteiger partial charge in [0.25, 0.3) is 0 Å². The fourth-order valence-electron chi connectivity index (χ4n) is 1.58. The van der Waals surface area contributed by atoms with E-state index in [0.29, 0.717) is 10.9 Å². The molecule has 0 fully saturated rings. The van der Waals surface area contributed by atoms with Crippen LogP contribution in [0.5, 0.6) is 5.88 Å². The molecule has 0 atom stereocenters. The van der Waals surface area contributed by atoms with Crippen molar-refractivity contribution < 1.29 is 4.74 Å². The molecule has 0 saturated carbocycles. The molecule has 2 nitrogen and oxygen atoms in total. The van der Waals surface area contributed by atoms with Crippen LogP contribution in [0.3, 0.4) is 0 Å². The highest BCUT2D eigenvalue weighted by Gasteiger charge is 2.07. The van der Waals surface area contributed by atoms with Crippen LogP contribution >= 0.6 is 11.6 Å². The summed E-state index contributed by atoms with van der Waals surface area (Å²) in [6.45, 7) is 2.02. The van der Waals surface area contributed by atoms with Gasteiger partial charge >= 0.3 is 0 Å². The number of nitrogens with zero attached hydrogens (tertiary/aromatic N) is 1. The summed E-state index contributed by atoms with van der Waals surface area (Å²) in [6.07, 6.45) is 1.62. The first-order valence-corrected chi connectivity index (χ1v) is 4.69. The molecule has 2 aromatic rings. The Balaban J connectivity index is 2.91. The van der Waals surface area contributed by atoms with Crippen LogP contribution in [0.2, 0.25) is 5.02 Å². The maximum atomic E-state index is 6.07. The molecular weight excluding hydrogens is 198 g/mol. The van der Waals surface area contributed by atoms with E-state index in [-0.39, 0.29) is 0 Å². The van der Waals surface area contributed by atoms with Crippen LogP contribution in [0.25, 0.3) is 10.8 Å². The summed E-state index contributed by atoms with van der Waals surface area (Å²) in [7, 11) is 1.61. The minimum absolute atomic E-state index is 0.619. The summed E-state index contributed by atoms with van der Waals surface area (Å²) in [5.74, 6) is 0.619. The molecule has 0 amide bonds. The first-order chi connectivity index (χ1) is 6.74. The molecule has 0 N–H and O–H groups in total. The average Bonchev–Trinajstić information content (AvgIpc) is 2.18. The molecule has 0 unspecified atom stereocenters. The lowest BCUT2D eigenvalue weighted by molar-refractivity contribution is 0.403. The Morgan fingerprint density at radius 1 is 1.36 bits per heavy atom. The van der Waals surface area contributed by atoms with Gasteiger partial charge in [0.1, 0.15) is 0 Å². The molecule has 0 radical (unpaired) electrons. The third-order valence-electron chi connectivity index (χ3n) is 2.23. The highest BCUT2D eigenvalue weighted by molar-refractivity contribution is 6.35. The molecule has 0 aliphatic rings. The van der Waals surface area contributed by atoms with Crippen LogP contribution in [-0.4, -0.2) is 12.1 Å². The summed E-state index contributed by atoms with van der Waals surface area (Å²) in [5.41, 5.74) is 1.13. The zero-order chi connectivity index (χ0) is 10.1. The Morgan fingerprint density at radius 3 is 2.86 bits per heavy atom. The van der Waals surface area contributed by atoms with Crippen molar-refractivity contribution in [2.45, 2.75) is 6.92 Å². The van der Waals surface area contributed by atoms with E-state index in [0.717, 1.165) is 16.3 Å². The predicted molar refractivity (Wildman–Crippen MR) is 58.0 cm³/mol. The van der Waals surface area contributed by atoms with Crippen molar-refractivity contribution >= 4 is 22.4 Å². The van der Waals surface area contributed by atoms with Gasteiger partial charge in [0, 0.05) is 10.8 Å². The number of fused-ring (bicyclic) bond motifs is 1. The average molecular weight is 208 g/mol. The standard InChI is InChI=1S/C11H10ClNO/c1-7-4-3-5-8-10(7)9(12)6-13-11(8)14-2/h3-6H,1-2H3. The minimum Gasteiger partial charge on any atom is -0.481 e. The zero-order valence-corrected chi connectivity index (χ0v) is 8.80. The number of rotatable bonds is 1. The van der Waals surface area contributed by atoms with E-state index in [1.807, 2.05) is 25.1 Å². The molecule has 0 bridgehead atoms. The molecule has 2 rings (SSSR count). The number of pyridine rings is 1. The van der Waals surface area contributed by atoms with Gasteiger partial charge < -0.3 is 4.74 Å². The number of aryl methyl sites for hydroxylation is 1. The van der Waals surface area contributed by atoms with Crippen LogP contribution in [0, 0.1) is 6.92 Å². The normalized spacial score (nSPS) is 10.5. The number of hydrogen-bond acceptors (Lipinski definition) is 2. The molecule has 0 aliphatic heterocycles. The van der Waals surface area contributed by atoms with Crippen molar-refractivity contribution in [1.29, 1.82) is 0 Å². The zero-order valence-electron chi connectivity index (χ0n) is 8.04.